The van der Waals surface area contributed by atoms with Gasteiger partial charge in [0.25, 0.3) is 0 Å². The zero-order chi connectivity index (χ0) is 13.4. The summed E-state index contributed by atoms with van der Waals surface area (Å²) in [5.74, 6) is -0.802. The second-order valence-electron chi connectivity index (χ2n) is 4.59. The first-order chi connectivity index (χ1) is 7.92. The van der Waals surface area contributed by atoms with E-state index in [1.165, 1.54) is 0 Å². The van der Waals surface area contributed by atoms with Gasteiger partial charge in [-0.1, -0.05) is 19.9 Å². The van der Waals surface area contributed by atoms with Crippen molar-refractivity contribution in [3.05, 3.63) is 11.6 Å². The van der Waals surface area contributed by atoms with Crippen LogP contribution in [0, 0.1) is 0 Å². The van der Waals surface area contributed by atoms with Crippen LogP contribution in [0.15, 0.2) is 11.6 Å². The molecule has 17 heavy (non-hydrogen) atoms. The van der Waals surface area contributed by atoms with Crippen molar-refractivity contribution in [1.82, 2.24) is 9.80 Å². The third kappa shape index (κ3) is 6.44. The molecule has 0 aliphatic rings. The Hall–Kier alpha value is -0.870. The number of nitrogens with zero attached hydrogens (tertiary/aromatic N) is 2. The fourth-order valence-corrected chi connectivity index (χ4v) is 1.87. The van der Waals surface area contributed by atoms with Crippen molar-refractivity contribution >= 4 is 5.97 Å². The molecule has 0 spiro atoms. The van der Waals surface area contributed by atoms with Crippen LogP contribution < -0.4 is 0 Å². The lowest BCUT2D eigenvalue weighted by atomic mass is 10.2. The third-order valence-electron chi connectivity index (χ3n) is 2.89. The predicted octanol–water partition coefficient (Wildman–Crippen LogP) is 1.68. The van der Waals surface area contributed by atoms with Crippen LogP contribution in [0.1, 0.15) is 27.2 Å². The number of rotatable bonds is 8. The number of carbonyl (C=O) groups is 1. The van der Waals surface area contributed by atoms with Gasteiger partial charge in [-0.3, -0.25) is 4.90 Å². The minimum Gasteiger partial charge on any atom is -0.478 e. The Morgan fingerprint density at radius 1 is 1.35 bits per heavy atom. The van der Waals surface area contributed by atoms with Crippen molar-refractivity contribution < 1.29 is 9.90 Å². The molecule has 0 fully saturated rings. The molecule has 1 atom stereocenters. The summed E-state index contributed by atoms with van der Waals surface area (Å²) < 4.78 is 0. The topological polar surface area (TPSA) is 43.8 Å². The van der Waals surface area contributed by atoms with Gasteiger partial charge in [0, 0.05) is 24.7 Å². The van der Waals surface area contributed by atoms with Crippen LogP contribution in [0.4, 0.5) is 0 Å². The SMILES string of the molecule is CC/C(=C/CN(CC)C(C)CN(C)C)C(=O)O. The molecule has 4 nitrogen and oxygen atoms in total. The van der Waals surface area contributed by atoms with E-state index >= 15 is 0 Å². The number of likely N-dealkylation sites (N-methyl/N-ethyl adjacent to an activating group) is 2. The Morgan fingerprint density at radius 3 is 2.29 bits per heavy atom. The Labute approximate surface area is 105 Å². The smallest absolute Gasteiger partial charge is 0.331 e. The van der Waals surface area contributed by atoms with Gasteiger partial charge in [0.2, 0.25) is 0 Å². The Bertz CT molecular complexity index is 262. The van der Waals surface area contributed by atoms with Gasteiger partial charge >= 0.3 is 5.97 Å². The van der Waals surface area contributed by atoms with Crippen LogP contribution in [-0.4, -0.2) is 60.6 Å². The van der Waals surface area contributed by atoms with E-state index in [2.05, 4.69) is 37.7 Å². The van der Waals surface area contributed by atoms with Crippen molar-refractivity contribution in [2.24, 2.45) is 0 Å². The highest BCUT2D eigenvalue weighted by molar-refractivity contribution is 5.86. The molecule has 0 bridgehead atoms. The molecular weight excluding hydrogens is 216 g/mol. The van der Waals surface area contributed by atoms with Gasteiger partial charge in [-0.25, -0.2) is 4.79 Å². The normalized spacial score (nSPS) is 14.4. The predicted molar refractivity (Wildman–Crippen MR) is 71.3 cm³/mol. The van der Waals surface area contributed by atoms with Gasteiger partial charge in [0.15, 0.2) is 0 Å². The number of carboxylic acid groups (broad SMARTS) is 1. The van der Waals surface area contributed by atoms with Crippen LogP contribution in [0.25, 0.3) is 0 Å². The molecule has 0 aromatic rings. The average Bonchev–Trinajstić information content (AvgIpc) is 2.22. The summed E-state index contributed by atoms with van der Waals surface area (Å²) in [6.07, 6.45) is 2.41. The maximum atomic E-state index is 10.9. The van der Waals surface area contributed by atoms with E-state index in [1.54, 1.807) is 0 Å². The van der Waals surface area contributed by atoms with Crippen LogP contribution in [0.5, 0.6) is 0 Å². The highest BCUT2D eigenvalue weighted by Crippen LogP contribution is 2.05. The largest absolute Gasteiger partial charge is 0.478 e. The molecule has 0 amide bonds. The fraction of sp³-hybridized carbons (Fsp3) is 0.769. The molecule has 0 aliphatic carbocycles. The summed E-state index contributed by atoms with van der Waals surface area (Å²) in [7, 11) is 4.10. The second-order valence-corrected chi connectivity index (χ2v) is 4.59. The lowest BCUT2D eigenvalue weighted by Gasteiger charge is -2.29. The molecule has 0 heterocycles. The molecule has 0 saturated carbocycles. The van der Waals surface area contributed by atoms with Crippen molar-refractivity contribution in [3.8, 4) is 0 Å². The number of hydrogen-bond donors (Lipinski definition) is 1. The van der Waals surface area contributed by atoms with Crippen molar-refractivity contribution in [1.29, 1.82) is 0 Å². The molecule has 0 aliphatic heterocycles. The molecular formula is C13H26N2O2. The molecule has 4 heteroatoms. The van der Waals surface area contributed by atoms with Crippen LogP contribution in [0.3, 0.4) is 0 Å². The van der Waals surface area contributed by atoms with Gasteiger partial charge < -0.3 is 10.0 Å². The number of aliphatic carboxylic acids is 1. The zero-order valence-electron chi connectivity index (χ0n) is 11.7. The van der Waals surface area contributed by atoms with E-state index in [0.717, 1.165) is 13.1 Å². The van der Waals surface area contributed by atoms with E-state index in [9.17, 15) is 4.79 Å². The first-order valence-electron chi connectivity index (χ1n) is 6.23. The van der Waals surface area contributed by atoms with E-state index in [1.807, 2.05) is 13.0 Å². The molecule has 0 saturated heterocycles. The summed E-state index contributed by atoms with van der Waals surface area (Å²) in [6, 6.07) is 0.429. The minimum atomic E-state index is -0.802. The third-order valence-corrected chi connectivity index (χ3v) is 2.89. The Morgan fingerprint density at radius 2 is 1.94 bits per heavy atom. The van der Waals surface area contributed by atoms with Crippen molar-refractivity contribution in [2.75, 3.05) is 33.7 Å². The van der Waals surface area contributed by atoms with Crippen LogP contribution in [-0.2, 0) is 4.79 Å². The van der Waals surface area contributed by atoms with Gasteiger partial charge in [0.1, 0.15) is 0 Å². The van der Waals surface area contributed by atoms with Crippen molar-refractivity contribution in [2.45, 2.75) is 33.2 Å². The Kier molecular flexibility index (Phi) is 7.83. The fourth-order valence-electron chi connectivity index (χ4n) is 1.87. The minimum absolute atomic E-state index is 0.429. The van der Waals surface area contributed by atoms with Gasteiger partial charge in [0.05, 0.1) is 0 Å². The monoisotopic (exact) mass is 242 g/mol. The molecule has 0 radical (unpaired) electrons. The molecule has 1 unspecified atom stereocenters. The highest BCUT2D eigenvalue weighted by atomic mass is 16.4. The quantitative estimate of drug-likeness (QED) is 0.658. The molecule has 0 aromatic heterocycles. The van der Waals surface area contributed by atoms with E-state index < -0.39 is 5.97 Å². The average molecular weight is 242 g/mol. The molecule has 1 N–H and O–H groups in total. The first kappa shape index (κ1) is 16.1. The lowest BCUT2D eigenvalue weighted by molar-refractivity contribution is -0.132. The van der Waals surface area contributed by atoms with Gasteiger partial charge in [-0.15, -0.1) is 0 Å². The summed E-state index contributed by atoms with van der Waals surface area (Å²) >= 11 is 0. The maximum Gasteiger partial charge on any atom is 0.331 e. The second kappa shape index (κ2) is 8.25. The first-order valence-corrected chi connectivity index (χ1v) is 6.23. The van der Waals surface area contributed by atoms with Crippen molar-refractivity contribution in [3.63, 3.8) is 0 Å². The number of carboxylic acids is 1. The molecule has 0 rings (SSSR count). The standard InChI is InChI=1S/C13H26N2O2/c1-6-12(13(16)17)8-9-15(7-2)11(3)10-14(4)5/h8,11H,6-7,9-10H2,1-5H3,(H,16,17)/b12-8-. The van der Waals surface area contributed by atoms with Crippen LogP contribution >= 0.6 is 0 Å². The summed E-state index contributed by atoms with van der Waals surface area (Å²) in [6.45, 7) is 8.77. The summed E-state index contributed by atoms with van der Waals surface area (Å²) in [5.41, 5.74) is 0.500. The number of hydrogen-bond acceptors (Lipinski definition) is 3. The molecule has 100 valence electrons. The Balaban J connectivity index is 4.44. The zero-order valence-corrected chi connectivity index (χ0v) is 11.7. The molecule has 0 aromatic carbocycles. The van der Waals surface area contributed by atoms with E-state index in [-0.39, 0.29) is 0 Å². The van der Waals surface area contributed by atoms with E-state index in [4.69, 9.17) is 5.11 Å². The highest BCUT2D eigenvalue weighted by Gasteiger charge is 2.12. The summed E-state index contributed by atoms with van der Waals surface area (Å²) in [4.78, 5) is 15.3. The van der Waals surface area contributed by atoms with E-state index in [0.29, 0.717) is 24.6 Å². The lowest BCUT2D eigenvalue weighted by Crippen LogP contribution is -2.40. The van der Waals surface area contributed by atoms with Crippen LogP contribution in [0.2, 0.25) is 0 Å². The van der Waals surface area contributed by atoms with Gasteiger partial charge in [-0.05, 0) is 34.0 Å². The summed E-state index contributed by atoms with van der Waals surface area (Å²) in [5, 5.41) is 8.95. The maximum absolute atomic E-state index is 10.9. The van der Waals surface area contributed by atoms with Gasteiger partial charge in [-0.2, -0.15) is 0 Å².